The third kappa shape index (κ3) is 4.67. The number of amides is 1. The summed E-state index contributed by atoms with van der Waals surface area (Å²) in [5.74, 6) is -0.828. The van der Waals surface area contributed by atoms with Crippen molar-refractivity contribution in [1.29, 1.82) is 0 Å². The molecule has 0 radical (unpaired) electrons. The first-order valence-corrected chi connectivity index (χ1v) is 7.93. The van der Waals surface area contributed by atoms with Gasteiger partial charge in [0.15, 0.2) is 0 Å². The molecule has 1 heterocycles. The van der Waals surface area contributed by atoms with Gasteiger partial charge in [-0.25, -0.2) is 4.79 Å². The van der Waals surface area contributed by atoms with E-state index in [1.165, 1.54) is 6.92 Å². The van der Waals surface area contributed by atoms with Crippen molar-refractivity contribution in [3.63, 3.8) is 0 Å². The minimum absolute atomic E-state index is 0.227. The minimum Gasteiger partial charge on any atom is -0.464 e. The van der Waals surface area contributed by atoms with Gasteiger partial charge in [-0.15, -0.1) is 4.91 Å². The Balaban J connectivity index is 2.98. The summed E-state index contributed by atoms with van der Waals surface area (Å²) in [4.78, 5) is 36.7. The van der Waals surface area contributed by atoms with Crippen LogP contribution in [0.3, 0.4) is 0 Å². The van der Waals surface area contributed by atoms with Crippen molar-refractivity contribution in [2.45, 2.75) is 44.4 Å². The van der Waals surface area contributed by atoms with Gasteiger partial charge in [0.1, 0.15) is 6.04 Å². The Hall–Kier alpha value is -1.15. The summed E-state index contributed by atoms with van der Waals surface area (Å²) in [5, 5.41) is 2.64. The Morgan fingerprint density at radius 2 is 2.00 bits per heavy atom. The smallest absolute Gasteiger partial charge is 0.330 e. The third-order valence-corrected chi connectivity index (χ3v) is 4.85. The van der Waals surface area contributed by atoms with Crippen LogP contribution in [0.5, 0.6) is 0 Å². The molecule has 0 aromatic rings. The van der Waals surface area contributed by atoms with E-state index in [-0.39, 0.29) is 12.5 Å². The Morgan fingerprint density at radius 3 is 2.43 bits per heavy atom. The van der Waals surface area contributed by atoms with Gasteiger partial charge >= 0.3 is 5.97 Å². The minimum atomic E-state index is -0.850. The zero-order valence-corrected chi connectivity index (χ0v) is 13.6. The van der Waals surface area contributed by atoms with Crippen molar-refractivity contribution in [2.75, 3.05) is 26.2 Å². The van der Waals surface area contributed by atoms with Gasteiger partial charge < -0.3 is 15.0 Å². The normalized spacial score (nSPS) is 19.6. The van der Waals surface area contributed by atoms with Crippen LogP contribution in [0.2, 0.25) is 0 Å². The topological polar surface area (TPSA) is 88.1 Å². The molecule has 21 heavy (non-hydrogen) atoms. The van der Waals surface area contributed by atoms with Crippen LogP contribution in [0.1, 0.15) is 33.6 Å². The average Bonchev–Trinajstić information content (AvgIpc) is 2.46. The average molecular weight is 317 g/mol. The van der Waals surface area contributed by atoms with Crippen LogP contribution in [0, 0.1) is 4.91 Å². The molecule has 1 rings (SSSR count). The number of ether oxygens (including phenoxy) is 1. The van der Waals surface area contributed by atoms with Crippen molar-refractivity contribution in [3.8, 4) is 0 Å². The van der Waals surface area contributed by atoms with Gasteiger partial charge in [-0.05, 0) is 39.4 Å². The van der Waals surface area contributed by atoms with Crippen LogP contribution in [-0.4, -0.2) is 53.8 Å². The van der Waals surface area contributed by atoms with Gasteiger partial charge in [-0.1, -0.05) is 6.92 Å². The van der Waals surface area contributed by atoms with Gasteiger partial charge in [0.2, 0.25) is 5.91 Å². The first-order valence-electron chi connectivity index (χ1n) is 7.16. The van der Waals surface area contributed by atoms with E-state index in [1.54, 1.807) is 6.92 Å². The molecule has 1 amide bonds. The summed E-state index contributed by atoms with van der Waals surface area (Å²) in [5.41, 5.74) is 0. The molecule has 0 bridgehead atoms. The van der Waals surface area contributed by atoms with Gasteiger partial charge in [0.05, 0.1) is 11.4 Å². The Morgan fingerprint density at radius 1 is 1.38 bits per heavy atom. The number of esters is 1. The fourth-order valence-corrected chi connectivity index (χ4v) is 3.36. The number of hydrogen-bond acceptors (Lipinski definition) is 7. The molecule has 1 unspecified atom stereocenters. The Labute approximate surface area is 129 Å². The van der Waals surface area contributed by atoms with Crippen LogP contribution < -0.4 is 5.32 Å². The Kier molecular flexibility index (Phi) is 7.10. The predicted molar refractivity (Wildman–Crippen MR) is 81.7 cm³/mol. The van der Waals surface area contributed by atoms with Crippen molar-refractivity contribution in [1.82, 2.24) is 10.2 Å². The number of carbonyl (C=O) groups excluding carboxylic acids is 2. The predicted octanol–water partition coefficient (Wildman–Crippen LogP) is 1.32. The number of piperidine rings is 1. The Bertz CT molecular complexity index is 384. The molecule has 1 aliphatic heterocycles. The number of nitroso groups, excluding NO2 is 1. The standard InChI is InChI=1S/C13H23N3O4S/c1-4-16-8-6-13(7-9-16,21-15-19)11(14-10(3)17)12(18)20-5-2/h11H,4-9H2,1-3H3,(H,14,17). The second kappa shape index (κ2) is 8.33. The lowest BCUT2D eigenvalue weighted by Crippen LogP contribution is -2.59. The number of nitrogens with zero attached hydrogens (tertiary/aromatic N) is 2. The molecule has 1 fully saturated rings. The maximum absolute atomic E-state index is 12.2. The number of hydrogen-bond donors (Lipinski definition) is 1. The molecule has 0 aliphatic carbocycles. The first kappa shape index (κ1) is 17.9. The lowest BCUT2D eigenvalue weighted by atomic mass is 9.88. The summed E-state index contributed by atoms with van der Waals surface area (Å²) >= 11 is 0.844. The summed E-state index contributed by atoms with van der Waals surface area (Å²) in [7, 11) is 0. The van der Waals surface area contributed by atoms with Crippen molar-refractivity contribution >= 4 is 23.8 Å². The lowest BCUT2D eigenvalue weighted by molar-refractivity contribution is -0.148. The van der Waals surface area contributed by atoms with Crippen molar-refractivity contribution in [3.05, 3.63) is 4.91 Å². The van der Waals surface area contributed by atoms with E-state index in [1.807, 2.05) is 0 Å². The first-order chi connectivity index (χ1) is 9.99. The molecule has 1 saturated heterocycles. The van der Waals surface area contributed by atoms with Gasteiger partial charge in [-0.2, -0.15) is 0 Å². The van der Waals surface area contributed by atoms with Gasteiger partial charge in [-0.3, -0.25) is 4.79 Å². The van der Waals surface area contributed by atoms with E-state index < -0.39 is 16.8 Å². The number of carbonyl (C=O) groups is 2. The third-order valence-electron chi connectivity index (χ3n) is 3.76. The fourth-order valence-electron chi connectivity index (χ4n) is 2.59. The van der Waals surface area contributed by atoms with E-state index in [4.69, 9.17) is 4.74 Å². The van der Waals surface area contributed by atoms with Crippen LogP contribution in [0.4, 0.5) is 0 Å². The van der Waals surface area contributed by atoms with Crippen molar-refractivity contribution in [2.24, 2.45) is 4.58 Å². The number of nitrogens with one attached hydrogen (secondary N) is 1. The SMILES string of the molecule is CCOC(=O)C(NC(C)=O)C1(SN=O)CCN(CC)CC1. The summed E-state index contributed by atoms with van der Waals surface area (Å²) in [6.45, 7) is 7.78. The zero-order chi connectivity index (χ0) is 15.9. The highest BCUT2D eigenvalue weighted by Gasteiger charge is 2.48. The number of likely N-dealkylation sites (tertiary alicyclic amines) is 1. The molecule has 0 spiro atoms. The van der Waals surface area contributed by atoms with Crippen LogP contribution in [0.15, 0.2) is 4.58 Å². The molecule has 7 nitrogen and oxygen atoms in total. The van der Waals surface area contributed by atoms with Gasteiger partial charge in [0, 0.05) is 23.5 Å². The molecule has 1 atom stereocenters. The van der Waals surface area contributed by atoms with Crippen LogP contribution in [0.25, 0.3) is 0 Å². The lowest BCUT2D eigenvalue weighted by Gasteiger charge is -2.42. The van der Waals surface area contributed by atoms with E-state index in [0.29, 0.717) is 12.8 Å². The zero-order valence-electron chi connectivity index (χ0n) is 12.8. The summed E-state index contributed by atoms with van der Waals surface area (Å²) < 4.78 is 7.27. The molecule has 1 aliphatic rings. The van der Waals surface area contributed by atoms with E-state index >= 15 is 0 Å². The maximum Gasteiger partial charge on any atom is 0.330 e. The molecule has 0 aromatic carbocycles. The molecule has 0 saturated carbocycles. The second-order valence-electron chi connectivity index (χ2n) is 5.05. The van der Waals surface area contributed by atoms with Crippen LogP contribution in [-0.2, 0) is 14.3 Å². The fraction of sp³-hybridized carbons (Fsp3) is 0.846. The summed E-state index contributed by atoms with van der Waals surface area (Å²) in [6, 6.07) is -0.850. The van der Waals surface area contributed by atoms with Crippen LogP contribution >= 0.6 is 11.9 Å². The second-order valence-corrected chi connectivity index (χ2v) is 6.20. The molecular formula is C13H23N3O4S. The highest BCUT2D eigenvalue weighted by Crippen LogP contribution is 2.40. The molecule has 0 aromatic heterocycles. The highest BCUT2D eigenvalue weighted by atomic mass is 32.2. The quantitative estimate of drug-likeness (QED) is 0.433. The molecule has 1 N–H and O–H groups in total. The van der Waals surface area contributed by atoms with E-state index in [0.717, 1.165) is 31.6 Å². The van der Waals surface area contributed by atoms with E-state index in [9.17, 15) is 14.5 Å². The van der Waals surface area contributed by atoms with Crippen molar-refractivity contribution < 1.29 is 14.3 Å². The molecule has 8 heteroatoms. The monoisotopic (exact) mass is 317 g/mol. The van der Waals surface area contributed by atoms with Gasteiger partial charge in [0.25, 0.3) is 0 Å². The highest BCUT2D eigenvalue weighted by molar-refractivity contribution is 7.99. The largest absolute Gasteiger partial charge is 0.464 e. The van der Waals surface area contributed by atoms with E-state index in [2.05, 4.69) is 21.7 Å². The number of rotatable bonds is 7. The summed E-state index contributed by atoms with van der Waals surface area (Å²) in [6.07, 6.45) is 1.20. The maximum atomic E-state index is 12.2. The molecule has 120 valence electrons. The molecular weight excluding hydrogens is 294 g/mol.